The Morgan fingerprint density at radius 1 is 1.24 bits per heavy atom. The number of amidine groups is 1. The molecule has 1 aromatic rings. The molecule has 1 amide bonds. The molecule has 1 aromatic heterocycles. The summed E-state index contributed by atoms with van der Waals surface area (Å²) in [5.41, 5.74) is 3.37. The first-order chi connectivity index (χ1) is 17.4. The highest BCUT2D eigenvalue weighted by Gasteiger charge is 2.57. The molecule has 0 aliphatic carbocycles. The molecular weight excluding hydrogens is 498 g/mol. The molecule has 13 heteroatoms. The zero-order valence-electron chi connectivity index (χ0n) is 21.6. The maximum absolute atomic E-state index is 13.3. The number of hydrogen-bond donors (Lipinski definition) is 2. The summed E-state index contributed by atoms with van der Waals surface area (Å²) in [7, 11) is 1.52. The van der Waals surface area contributed by atoms with Gasteiger partial charge in [-0.15, -0.1) is 0 Å². The molecule has 37 heavy (non-hydrogen) atoms. The minimum Gasteiger partial charge on any atom is -0.474 e. The summed E-state index contributed by atoms with van der Waals surface area (Å²) >= 11 is 0. The number of carbonyl (C=O) groups is 1. The van der Waals surface area contributed by atoms with E-state index in [2.05, 4.69) is 20.3 Å². The molecule has 206 valence electrons. The molecule has 1 aliphatic heterocycles. The van der Waals surface area contributed by atoms with Crippen LogP contribution in [0.3, 0.4) is 0 Å². The van der Waals surface area contributed by atoms with Crippen LogP contribution in [-0.2, 0) is 9.47 Å². The van der Waals surface area contributed by atoms with E-state index in [9.17, 15) is 22.4 Å². The minimum absolute atomic E-state index is 0.0498. The van der Waals surface area contributed by atoms with Crippen molar-refractivity contribution in [2.75, 3.05) is 26.9 Å². The van der Waals surface area contributed by atoms with Gasteiger partial charge in [-0.2, -0.15) is 13.2 Å². The second kappa shape index (κ2) is 14.4. The van der Waals surface area contributed by atoms with Crippen molar-refractivity contribution in [3.8, 4) is 5.88 Å². The number of halogens is 4. The van der Waals surface area contributed by atoms with Gasteiger partial charge >= 0.3 is 6.18 Å². The standard InChI is InChI=1S/C22H27F4N5O4.C2H6/c1-13(17-12-35-21(3,20(27)31-17)22(24,25)26)9-15(6-5-14(2)23)30-19(32)16-10-29-18(11-28-16)34-8-7-33-4;1-2/h5-6,9-11,17H,7-8,12H2,1-4H3,(H2,27,31)(H,30,32);1-2H3/b13-9+,14-5+,15-6+;/t17-,21+;/m0./s1. The number of nitrogens with two attached hydrogens (primary N) is 1. The maximum atomic E-state index is 13.3. The quantitative estimate of drug-likeness (QED) is 0.280. The third-order valence-electron chi connectivity index (χ3n) is 4.91. The average Bonchev–Trinajstić information content (AvgIpc) is 2.85. The van der Waals surface area contributed by atoms with Crippen LogP contribution in [0.2, 0.25) is 0 Å². The van der Waals surface area contributed by atoms with Crippen LogP contribution in [0.25, 0.3) is 0 Å². The normalized spacial score (nSPS) is 21.0. The highest BCUT2D eigenvalue weighted by molar-refractivity contribution is 5.93. The van der Waals surface area contributed by atoms with E-state index in [1.807, 2.05) is 13.8 Å². The van der Waals surface area contributed by atoms with Crippen LogP contribution in [0.4, 0.5) is 17.6 Å². The average molecular weight is 532 g/mol. The summed E-state index contributed by atoms with van der Waals surface area (Å²) < 4.78 is 68.3. The minimum atomic E-state index is -4.74. The van der Waals surface area contributed by atoms with Crippen LogP contribution in [0, 0.1) is 0 Å². The van der Waals surface area contributed by atoms with Crippen molar-refractivity contribution in [3.05, 3.63) is 53.4 Å². The Kier molecular flexibility index (Phi) is 12.4. The highest BCUT2D eigenvalue weighted by Crippen LogP contribution is 2.36. The third-order valence-corrected chi connectivity index (χ3v) is 4.91. The summed E-state index contributed by atoms with van der Waals surface area (Å²) in [5, 5.41) is 2.55. The summed E-state index contributed by atoms with van der Waals surface area (Å²) in [6, 6.07) is -0.843. The Bertz CT molecular complexity index is 1020. The first-order valence-corrected chi connectivity index (χ1v) is 11.4. The lowest BCUT2D eigenvalue weighted by molar-refractivity contribution is -0.245. The van der Waals surface area contributed by atoms with E-state index in [-0.39, 0.29) is 23.9 Å². The van der Waals surface area contributed by atoms with E-state index < -0.39 is 42.0 Å². The lowest BCUT2D eigenvalue weighted by atomic mass is 10.0. The molecule has 2 atom stereocenters. The summed E-state index contributed by atoms with van der Waals surface area (Å²) in [6.45, 7) is 7.78. The molecule has 0 bridgehead atoms. The van der Waals surface area contributed by atoms with E-state index in [0.717, 1.165) is 13.0 Å². The first-order valence-electron chi connectivity index (χ1n) is 11.4. The number of methoxy groups -OCH3 is 1. The number of aliphatic imine (C=N–C) groups is 1. The molecule has 3 N–H and O–H groups in total. The van der Waals surface area contributed by atoms with Crippen molar-refractivity contribution in [2.45, 2.75) is 52.4 Å². The molecule has 2 rings (SSSR count). The zero-order chi connectivity index (χ0) is 28.2. The van der Waals surface area contributed by atoms with Gasteiger partial charge in [-0.3, -0.25) is 9.79 Å². The van der Waals surface area contributed by atoms with E-state index in [1.165, 1.54) is 38.6 Å². The molecule has 9 nitrogen and oxygen atoms in total. The van der Waals surface area contributed by atoms with Gasteiger partial charge in [0.2, 0.25) is 11.5 Å². The number of nitrogens with one attached hydrogen (secondary N) is 1. The molecule has 0 unspecified atom stereocenters. The van der Waals surface area contributed by atoms with Gasteiger partial charge in [0.05, 0.1) is 37.5 Å². The van der Waals surface area contributed by atoms with Gasteiger partial charge in [0.1, 0.15) is 18.1 Å². The van der Waals surface area contributed by atoms with Gasteiger partial charge in [0.25, 0.3) is 5.91 Å². The second-order valence-electron chi connectivity index (χ2n) is 7.67. The lowest BCUT2D eigenvalue weighted by Gasteiger charge is -2.36. The number of ether oxygens (including phenoxy) is 3. The number of nitrogens with zero attached hydrogens (tertiary/aromatic N) is 3. The van der Waals surface area contributed by atoms with Crippen LogP contribution < -0.4 is 15.8 Å². The van der Waals surface area contributed by atoms with Gasteiger partial charge in [-0.1, -0.05) is 13.8 Å². The van der Waals surface area contributed by atoms with E-state index in [0.29, 0.717) is 12.2 Å². The van der Waals surface area contributed by atoms with Crippen LogP contribution in [-0.4, -0.2) is 66.5 Å². The Morgan fingerprint density at radius 2 is 1.92 bits per heavy atom. The Hall–Kier alpha value is -3.32. The largest absolute Gasteiger partial charge is 0.474 e. The SMILES string of the molecule is CC.COCCOc1cnc(C(=O)NC(=C/C=C(\C)F)/C=C(\C)[C@@H]2CO[C@@](C)(C(F)(F)F)C(N)=N2)cn1. The van der Waals surface area contributed by atoms with Crippen molar-refractivity contribution < 1.29 is 36.6 Å². The summed E-state index contributed by atoms with van der Waals surface area (Å²) in [4.78, 5) is 24.5. The van der Waals surface area contributed by atoms with Gasteiger partial charge in [0, 0.05) is 12.8 Å². The number of aromatic nitrogens is 2. The van der Waals surface area contributed by atoms with Crippen LogP contribution >= 0.6 is 0 Å². The van der Waals surface area contributed by atoms with Gasteiger partial charge in [-0.05, 0) is 44.6 Å². The number of rotatable bonds is 9. The highest BCUT2D eigenvalue weighted by atomic mass is 19.4. The molecule has 0 spiro atoms. The van der Waals surface area contributed by atoms with E-state index >= 15 is 0 Å². The fraction of sp³-hybridized carbons (Fsp3) is 0.500. The lowest BCUT2D eigenvalue weighted by Crippen LogP contribution is -2.58. The van der Waals surface area contributed by atoms with Crippen molar-refractivity contribution in [1.29, 1.82) is 0 Å². The monoisotopic (exact) mass is 531 g/mol. The van der Waals surface area contributed by atoms with Gasteiger partial charge in [0.15, 0.2) is 0 Å². The molecular formula is C24H33F4N5O4. The number of hydrogen-bond acceptors (Lipinski definition) is 8. The van der Waals surface area contributed by atoms with Crippen molar-refractivity contribution in [1.82, 2.24) is 15.3 Å². The maximum Gasteiger partial charge on any atom is 0.424 e. The molecule has 1 aliphatic rings. The second-order valence-corrected chi connectivity index (χ2v) is 7.67. The Balaban J connectivity index is 0.00000334. The Morgan fingerprint density at radius 3 is 2.43 bits per heavy atom. The van der Waals surface area contributed by atoms with Crippen molar-refractivity contribution in [2.24, 2.45) is 10.7 Å². The van der Waals surface area contributed by atoms with Crippen LogP contribution in [0.5, 0.6) is 5.88 Å². The molecule has 0 fully saturated rings. The molecule has 0 saturated heterocycles. The van der Waals surface area contributed by atoms with Crippen LogP contribution in [0.1, 0.15) is 45.1 Å². The molecule has 0 aromatic carbocycles. The fourth-order valence-corrected chi connectivity index (χ4v) is 2.71. The Labute approximate surface area is 213 Å². The molecule has 0 radical (unpaired) electrons. The smallest absolute Gasteiger partial charge is 0.424 e. The topological polar surface area (TPSA) is 121 Å². The molecule has 2 heterocycles. The van der Waals surface area contributed by atoms with Gasteiger partial charge < -0.3 is 25.3 Å². The number of allylic oxidation sites excluding steroid dienone is 4. The first kappa shape index (κ1) is 31.7. The zero-order valence-corrected chi connectivity index (χ0v) is 21.6. The summed E-state index contributed by atoms with van der Waals surface area (Å²) in [6.07, 6.45) is 1.52. The predicted molar refractivity (Wildman–Crippen MR) is 131 cm³/mol. The molecule has 0 saturated carbocycles. The number of carbonyl (C=O) groups excluding carboxylic acids is 1. The van der Waals surface area contributed by atoms with Gasteiger partial charge in [-0.25, -0.2) is 14.4 Å². The van der Waals surface area contributed by atoms with Crippen molar-refractivity contribution >= 4 is 11.7 Å². The predicted octanol–water partition coefficient (Wildman–Crippen LogP) is 4.04. The number of amides is 1. The fourth-order valence-electron chi connectivity index (χ4n) is 2.71. The van der Waals surface area contributed by atoms with E-state index in [4.69, 9.17) is 19.9 Å². The number of alkyl halides is 3. The summed E-state index contributed by atoms with van der Waals surface area (Å²) in [5.74, 6) is -1.72. The van der Waals surface area contributed by atoms with Crippen molar-refractivity contribution in [3.63, 3.8) is 0 Å². The van der Waals surface area contributed by atoms with Crippen LogP contribution in [0.15, 0.2) is 52.7 Å². The third kappa shape index (κ3) is 9.25. The van der Waals surface area contributed by atoms with E-state index in [1.54, 1.807) is 6.92 Å².